The molecular weight excluding hydrogens is 380 g/mol. The van der Waals surface area contributed by atoms with Gasteiger partial charge in [-0.15, -0.1) is 10.2 Å². The van der Waals surface area contributed by atoms with Gasteiger partial charge in [0.1, 0.15) is 5.75 Å². The molecule has 0 aliphatic carbocycles. The van der Waals surface area contributed by atoms with E-state index in [4.69, 9.17) is 4.74 Å². The number of thioether (sulfide) groups is 1. The molecule has 6 nitrogen and oxygen atoms in total. The van der Waals surface area contributed by atoms with Gasteiger partial charge in [-0.3, -0.25) is 4.79 Å². The number of nitrogens with one attached hydrogen (secondary N) is 1. The molecule has 1 fully saturated rings. The molecule has 8 heteroatoms. The van der Waals surface area contributed by atoms with Crippen LogP contribution in [0.15, 0.2) is 28.6 Å². The fourth-order valence-electron chi connectivity index (χ4n) is 3.24. The number of para-hydroxylation sites is 2. The summed E-state index contributed by atoms with van der Waals surface area (Å²) >= 11 is 2.92. The van der Waals surface area contributed by atoms with Gasteiger partial charge in [0, 0.05) is 12.6 Å². The molecule has 1 aromatic carbocycles. The minimum Gasteiger partial charge on any atom is -0.492 e. The van der Waals surface area contributed by atoms with Gasteiger partial charge in [-0.25, -0.2) is 0 Å². The number of hydrogen-bond donors (Lipinski definition) is 1. The zero-order valence-electron chi connectivity index (χ0n) is 15.8. The Kier molecular flexibility index (Phi) is 7.34. The zero-order chi connectivity index (χ0) is 19.1. The molecule has 1 amide bonds. The number of carbonyl (C=O) groups is 1. The van der Waals surface area contributed by atoms with E-state index in [-0.39, 0.29) is 5.91 Å². The average molecular weight is 407 g/mol. The summed E-state index contributed by atoms with van der Waals surface area (Å²) in [4.78, 5) is 14.6. The molecule has 1 atom stereocenters. The predicted molar refractivity (Wildman–Crippen MR) is 111 cm³/mol. The van der Waals surface area contributed by atoms with Gasteiger partial charge in [-0.1, -0.05) is 42.2 Å². The van der Waals surface area contributed by atoms with Crippen LogP contribution in [-0.4, -0.2) is 46.0 Å². The van der Waals surface area contributed by atoms with Gasteiger partial charge in [0.25, 0.3) is 0 Å². The second kappa shape index (κ2) is 9.94. The highest BCUT2D eigenvalue weighted by Crippen LogP contribution is 2.32. The third-order valence-electron chi connectivity index (χ3n) is 4.57. The lowest BCUT2D eigenvalue weighted by Gasteiger charge is -2.35. The Morgan fingerprint density at radius 3 is 3.00 bits per heavy atom. The third-order valence-corrected chi connectivity index (χ3v) is 6.53. The molecule has 0 spiro atoms. The predicted octanol–water partition coefficient (Wildman–Crippen LogP) is 4.56. The van der Waals surface area contributed by atoms with Crippen molar-refractivity contribution in [3.8, 4) is 5.75 Å². The number of benzene rings is 1. The van der Waals surface area contributed by atoms with Crippen LogP contribution >= 0.6 is 23.1 Å². The topological polar surface area (TPSA) is 67.3 Å². The van der Waals surface area contributed by atoms with Crippen molar-refractivity contribution in [3.63, 3.8) is 0 Å². The van der Waals surface area contributed by atoms with E-state index in [1.54, 1.807) is 0 Å². The lowest BCUT2D eigenvalue weighted by molar-refractivity contribution is -0.132. The van der Waals surface area contributed by atoms with Crippen molar-refractivity contribution >= 4 is 39.8 Å². The number of ether oxygens (including phenoxy) is 1. The average Bonchev–Trinajstić information content (AvgIpc) is 3.15. The molecule has 2 aromatic rings. The number of nitrogens with zero attached hydrogens (tertiary/aromatic N) is 3. The molecule has 2 heterocycles. The van der Waals surface area contributed by atoms with Crippen molar-refractivity contribution in [2.24, 2.45) is 0 Å². The van der Waals surface area contributed by atoms with Crippen LogP contribution in [0.4, 0.5) is 10.8 Å². The molecule has 0 bridgehead atoms. The Morgan fingerprint density at radius 1 is 1.33 bits per heavy atom. The molecule has 3 rings (SSSR count). The van der Waals surface area contributed by atoms with E-state index in [1.165, 1.54) is 29.5 Å². The third kappa shape index (κ3) is 5.35. The van der Waals surface area contributed by atoms with Crippen molar-refractivity contribution in [1.29, 1.82) is 0 Å². The monoisotopic (exact) mass is 406 g/mol. The number of aromatic nitrogens is 2. The summed E-state index contributed by atoms with van der Waals surface area (Å²) in [5, 5.41) is 12.3. The molecule has 1 N–H and O–H groups in total. The summed E-state index contributed by atoms with van der Waals surface area (Å²) in [5.74, 6) is 1.41. The van der Waals surface area contributed by atoms with E-state index in [0.29, 0.717) is 23.5 Å². The van der Waals surface area contributed by atoms with Crippen LogP contribution in [0.3, 0.4) is 0 Å². The molecular formula is C19H26N4O2S2. The van der Waals surface area contributed by atoms with E-state index in [0.717, 1.165) is 41.6 Å². The highest BCUT2D eigenvalue weighted by Gasteiger charge is 2.25. The second-order valence-electron chi connectivity index (χ2n) is 6.36. The van der Waals surface area contributed by atoms with Crippen LogP contribution in [0, 0.1) is 0 Å². The lowest BCUT2D eigenvalue weighted by atomic mass is 10.0. The Bertz CT molecular complexity index is 753. The lowest BCUT2D eigenvalue weighted by Crippen LogP contribution is -2.44. The summed E-state index contributed by atoms with van der Waals surface area (Å²) in [6, 6.07) is 8.15. The fraction of sp³-hybridized carbons (Fsp3) is 0.526. The van der Waals surface area contributed by atoms with Gasteiger partial charge in [-0.2, -0.15) is 0 Å². The van der Waals surface area contributed by atoms with Gasteiger partial charge in [0.05, 0.1) is 18.0 Å². The highest BCUT2D eigenvalue weighted by atomic mass is 32.2. The number of hydrogen-bond acceptors (Lipinski definition) is 7. The number of carbonyl (C=O) groups excluding carboxylic acids is 1. The van der Waals surface area contributed by atoms with Crippen molar-refractivity contribution < 1.29 is 9.53 Å². The first kappa shape index (κ1) is 19.9. The van der Waals surface area contributed by atoms with E-state index in [9.17, 15) is 4.79 Å². The Morgan fingerprint density at radius 2 is 2.19 bits per heavy atom. The van der Waals surface area contributed by atoms with Crippen molar-refractivity contribution in [2.45, 2.75) is 49.9 Å². The van der Waals surface area contributed by atoms with Gasteiger partial charge >= 0.3 is 0 Å². The van der Waals surface area contributed by atoms with E-state index >= 15 is 0 Å². The Labute approximate surface area is 168 Å². The van der Waals surface area contributed by atoms with Crippen LogP contribution in [0.2, 0.25) is 0 Å². The molecule has 146 valence electrons. The maximum Gasteiger partial charge on any atom is 0.233 e. The quantitative estimate of drug-likeness (QED) is 0.648. The van der Waals surface area contributed by atoms with Crippen molar-refractivity contribution in [3.05, 3.63) is 24.3 Å². The maximum absolute atomic E-state index is 12.6. The molecule has 1 aliphatic rings. The van der Waals surface area contributed by atoms with Crippen LogP contribution in [-0.2, 0) is 4.79 Å². The molecule has 0 unspecified atom stereocenters. The Balaban J connectivity index is 1.56. The van der Waals surface area contributed by atoms with E-state index in [1.807, 2.05) is 31.2 Å². The highest BCUT2D eigenvalue weighted by molar-refractivity contribution is 8.01. The summed E-state index contributed by atoms with van der Waals surface area (Å²) in [5.41, 5.74) is 0.863. The van der Waals surface area contributed by atoms with Crippen molar-refractivity contribution in [2.75, 3.05) is 24.2 Å². The largest absolute Gasteiger partial charge is 0.492 e. The van der Waals surface area contributed by atoms with Crippen LogP contribution in [0.1, 0.15) is 39.5 Å². The first-order chi connectivity index (χ1) is 13.2. The molecule has 1 aliphatic heterocycles. The van der Waals surface area contributed by atoms with Gasteiger partial charge < -0.3 is 15.0 Å². The number of amides is 1. The van der Waals surface area contributed by atoms with E-state index < -0.39 is 0 Å². The van der Waals surface area contributed by atoms with Crippen LogP contribution in [0.5, 0.6) is 5.75 Å². The molecule has 0 radical (unpaired) electrons. The zero-order valence-corrected chi connectivity index (χ0v) is 17.4. The minimum atomic E-state index is 0.206. The molecule has 1 saturated heterocycles. The van der Waals surface area contributed by atoms with Gasteiger partial charge in [0.2, 0.25) is 11.0 Å². The number of anilines is 2. The first-order valence-corrected chi connectivity index (χ1v) is 11.3. The standard InChI is InChI=1S/C19H26N4O2S2/c1-3-14-9-7-8-12-23(14)17(24)13-26-19-22-21-18(27-19)20-15-10-5-6-11-16(15)25-4-2/h5-6,10-11,14H,3-4,7-9,12-13H2,1-2H3,(H,20,21)/t14-/m0/s1. The fourth-order valence-corrected chi connectivity index (χ4v) is 4.90. The summed E-state index contributed by atoms with van der Waals surface area (Å²) < 4.78 is 6.42. The van der Waals surface area contributed by atoms with E-state index in [2.05, 4.69) is 27.3 Å². The Hall–Kier alpha value is -1.80. The molecule has 27 heavy (non-hydrogen) atoms. The second-order valence-corrected chi connectivity index (χ2v) is 8.56. The van der Waals surface area contributed by atoms with Gasteiger partial charge in [-0.05, 0) is 44.7 Å². The minimum absolute atomic E-state index is 0.206. The summed E-state index contributed by atoms with van der Waals surface area (Å²) in [7, 11) is 0. The summed E-state index contributed by atoms with van der Waals surface area (Å²) in [6.45, 7) is 5.60. The smallest absolute Gasteiger partial charge is 0.233 e. The molecule has 1 aromatic heterocycles. The van der Waals surface area contributed by atoms with Crippen LogP contribution in [0.25, 0.3) is 0 Å². The first-order valence-electron chi connectivity index (χ1n) is 9.45. The van der Waals surface area contributed by atoms with Crippen molar-refractivity contribution in [1.82, 2.24) is 15.1 Å². The number of piperidine rings is 1. The SMILES string of the molecule is CCOc1ccccc1Nc1nnc(SCC(=O)N2CCCC[C@@H]2CC)s1. The maximum atomic E-state index is 12.6. The number of rotatable bonds is 8. The molecule has 0 saturated carbocycles. The summed E-state index contributed by atoms with van der Waals surface area (Å²) in [6.07, 6.45) is 4.49. The number of likely N-dealkylation sites (tertiary alicyclic amines) is 1. The normalized spacial score (nSPS) is 17.0. The van der Waals surface area contributed by atoms with Gasteiger partial charge in [0.15, 0.2) is 4.34 Å². The van der Waals surface area contributed by atoms with Crippen LogP contribution < -0.4 is 10.1 Å².